The van der Waals surface area contributed by atoms with Crippen LogP contribution in [0.1, 0.15) is 57.9 Å². The summed E-state index contributed by atoms with van der Waals surface area (Å²) in [5.41, 5.74) is 1.35. The Morgan fingerprint density at radius 2 is 2.00 bits per heavy atom. The minimum atomic E-state index is 0.570. The van der Waals surface area contributed by atoms with E-state index in [1.54, 1.807) is 0 Å². The van der Waals surface area contributed by atoms with Gasteiger partial charge in [0.1, 0.15) is 0 Å². The molecule has 2 saturated heterocycles. The highest BCUT2D eigenvalue weighted by molar-refractivity contribution is 5.80. The number of rotatable bonds is 7. The van der Waals surface area contributed by atoms with E-state index in [1.807, 2.05) is 17.9 Å². The Labute approximate surface area is 171 Å². The Morgan fingerprint density at radius 3 is 2.68 bits per heavy atom. The van der Waals surface area contributed by atoms with Crippen LogP contribution in [0.5, 0.6) is 0 Å². The fourth-order valence-corrected chi connectivity index (χ4v) is 4.91. The summed E-state index contributed by atoms with van der Waals surface area (Å²) >= 11 is 0. The third kappa shape index (κ3) is 5.97. The molecule has 1 aromatic heterocycles. The van der Waals surface area contributed by atoms with Crippen LogP contribution in [-0.4, -0.2) is 71.4 Å². The van der Waals surface area contributed by atoms with Crippen molar-refractivity contribution in [2.45, 2.75) is 52.4 Å². The molecule has 2 aliphatic heterocycles. The summed E-state index contributed by atoms with van der Waals surface area (Å²) in [6.07, 6.45) is 9.17. The van der Waals surface area contributed by atoms with Crippen LogP contribution >= 0.6 is 0 Å². The molecule has 0 bridgehead atoms. The maximum absolute atomic E-state index is 4.93. The summed E-state index contributed by atoms with van der Waals surface area (Å²) in [5, 5.41) is 7.83. The lowest BCUT2D eigenvalue weighted by atomic mass is 9.92. The number of guanidine groups is 1. The number of aliphatic imine (C=N–C) groups is 1. The van der Waals surface area contributed by atoms with Gasteiger partial charge >= 0.3 is 0 Å². The molecule has 2 aliphatic rings. The molecule has 3 rings (SSSR count). The van der Waals surface area contributed by atoms with Crippen LogP contribution in [0.3, 0.4) is 0 Å². The van der Waals surface area contributed by atoms with Crippen molar-refractivity contribution in [3.8, 4) is 0 Å². The zero-order valence-electron chi connectivity index (χ0n) is 18.4. The minimum absolute atomic E-state index is 0.570. The highest BCUT2D eigenvalue weighted by Crippen LogP contribution is 2.26. The van der Waals surface area contributed by atoms with E-state index in [4.69, 9.17) is 4.99 Å². The lowest BCUT2D eigenvalue weighted by Gasteiger charge is -2.34. The molecule has 28 heavy (non-hydrogen) atoms. The van der Waals surface area contributed by atoms with Crippen LogP contribution in [-0.2, 0) is 7.05 Å². The van der Waals surface area contributed by atoms with Gasteiger partial charge in [0.25, 0.3) is 0 Å². The largest absolute Gasteiger partial charge is 0.357 e. The Morgan fingerprint density at radius 1 is 1.21 bits per heavy atom. The molecule has 3 heterocycles. The van der Waals surface area contributed by atoms with Gasteiger partial charge in [-0.3, -0.25) is 9.67 Å². The van der Waals surface area contributed by atoms with Crippen molar-refractivity contribution in [3.05, 3.63) is 18.0 Å². The molecule has 1 aromatic rings. The first-order chi connectivity index (χ1) is 13.5. The maximum Gasteiger partial charge on any atom is 0.193 e. The van der Waals surface area contributed by atoms with E-state index in [9.17, 15) is 0 Å². The SMILES string of the molecule is CCNC(=NCCCCN1CC(C)CC(C)C1)N1CCC(c2cnn(C)c2)C1. The summed E-state index contributed by atoms with van der Waals surface area (Å²) in [4.78, 5) is 10.0. The second-order valence-corrected chi connectivity index (χ2v) is 9.03. The number of aryl methyl sites for hydroxylation is 1. The Kier molecular flexibility index (Phi) is 7.77. The fraction of sp³-hybridized carbons (Fsp3) is 0.818. The van der Waals surface area contributed by atoms with Crippen molar-refractivity contribution < 1.29 is 0 Å². The van der Waals surface area contributed by atoms with Crippen LogP contribution in [0, 0.1) is 11.8 Å². The number of aromatic nitrogens is 2. The molecule has 0 aliphatic carbocycles. The molecule has 3 unspecified atom stereocenters. The molecule has 158 valence electrons. The molecule has 3 atom stereocenters. The van der Waals surface area contributed by atoms with Gasteiger partial charge in [0.15, 0.2) is 5.96 Å². The van der Waals surface area contributed by atoms with Crippen molar-refractivity contribution in [2.75, 3.05) is 45.8 Å². The third-order valence-electron chi connectivity index (χ3n) is 6.11. The molecule has 6 heteroatoms. The van der Waals surface area contributed by atoms with Crippen LogP contribution in [0.4, 0.5) is 0 Å². The zero-order chi connectivity index (χ0) is 19.9. The lowest BCUT2D eigenvalue weighted by Crippen LogP contribution is -2.40. The Bertz CT molecular complexity index is 614. The summed E-state index contributed by atoms with van der Waals surface area (Å²) in [6.45, 7) is 14.7. The topological polar surface area (TPSA) is 48.7 Å². The van der Waals surface area contributed by atoms with Gasteiger partial charge in [-0.15, -0.1) is 0 Å². The average Bonchev–Trinajstić information content (AvgIpc) is 3.28. The van der Waals surface area contributed by atoms with Gasteiger partial charge < -0.3 is 15.1 Å². The van der Waals surface area contributed by atoms with E-state index >= 15 is 0 Å². The number of hydrogen-bond donors (Lipinski definition) is 1. The Hall–Kier alpha value is -1.56. The molecular formula is C22H40N6. The summed E-state index contributed by atoms with van der Waals surface area (Å²) in [6, 6.07) is 0. The molecule has 2 fully saturated rings. The fourth-order valence-electron chi connectivity index (χ4n) is 4.91. The Balaban J connectivity index is 1.43. The molecule has 0 amide bonds. The van der Waals surface area contributed by atoms with Crippen LogP contribution < -0.4 is 5.32 Å². The van der Waals surface area contributed by atoms with Gasteiger partial charge in [0.2, 0.25) is 0 Å². The smallest absolute Gasteiger partial charge is 0.193 e. The molecule has 0 saturated carbocycles. The van der Waals surface area contributed by atoms with E-state index in [1.165, 1.54) is 50.9 Å². The second-order valence-electron chi connectivity index (χ2n) is 9.03. The number of nitrogens with one attached hydrogen (secondary N) is 1. The molecule has 0 spiro atoms. The van der Waals surface area contributed by atoms with Crippen molar-refractivity contribution in [1.29, 1.82) is 0 Å². The van der Waals surface area contributed by atoms with Gasteiger partial charge in [-0.1, -0.05) is 13.8 Å². The van der Waals surface area contributed by atoms with E-state index in [-0.39, 0.29) is 0 Å². The van der Waals surface area contributed by atoms with E-state index in [0.29, 0.717) is 5.92 Å². The summed E-state index contributed by atoms with van der Waals surface area (Å²) < 4.78 is 1.90. The lowest BCUT2D eigenvalue weighted by molar-refractivity contribution is 0.139. The minimum Gasteiger partial charge on any atom is -0.357 e. The highest BCUT2D eigenvalue weighted by Gasteiger charge is 2.27. The van der Waals surface area contributed by atoms with E-state index in [0.717, 1.165) is 44.0 Å². The number of unbranched alkanes of at least 4 members (excludes halogenated alkanes) is 1. The first kappa shape index (κ1) is 21.2. The van der Waals surface area contributed by atoms with Crippen molar-refractivity contribution >= 4 is 5.96 Å². The van der Waals surface area contributed by atoms with Gasteiger partial charge in [-0.25, -0.2) is 0 Å². The number of likely N-dealkylation sites (tertiary alicyclic amines) is 2. The first-order valence-corrected chi connectivity index (χ1v) is 11.3. The van der Waals surface area contributed by atoms with Crippen LogP contribution in [0.25, 0.3) is 0 Å². The zero-order valence-corrected chi connectivity index (χ0v) is 18.4. The molecular weight excluding hydrogens is 348 g/mol. The van der Waals surface area contributed by atoms with E-state index < -0.39 is 0 Å². The third-order valence-corrected chi connectivity index (χ3v) is 6.11. The molecule has 1 N–H and O–H groups in total. The molecule has 6 nitrogen and oxygen atoms in total. The standard InChI is InChI=1S/C22H40N6/c1-5-23-22(28-11-8-20(17-28)21-13-25-26(4)16-21)24-9-6-7-10-27-14-18(2)12-19(3)15-27/h13,16,18-20H,5-12,14-15,17H2,1-4H3,(H,23,24). The number of nitrogens with zero attached hydrogens (tertiary/aromatic N) is 5. The monoisotopic (exact) mass is 388 g/mol. The molecule has 0 aromatic carbocycles. The summed E-state index contributed by atoms with van der Waals surface area (Å²) in [5.74, 6) is 3.37. The van der Waals surface area contributed by atoms with Crippen LogP contribution in [0.15, 0.2) is 17.4 Å². The predicted molar refractivity (Wildman–Crippen MR) is 117 cm³/mol. The second kappa shape index (κ2) is 10.3. The number of piperidine rings is 1. The normalized spacial score (nSPS) is 26.8. The average molecular weight is 389 g/mol. The van der Waals surface area contributed by atoms with Gasteiger partial charge in [-0.2, -0.15) is 5.10 Å². The van der Waals surface area contributed by atoms with Gasteiger partial charge in [-0.05, 0) is 56.6 Å². The van der Waals surface area contributed by atoms with Gasteiger partial charge in [0, 0.05) is 58.4 Å². The predicted octanol–water partition coefficient (Wildman–Crippen LogP) is 2.93. The summed E-state index contributed by atoms with van der Waals surface area (Å²) in [7, 11) is 1.99. The highest BCUT2D eigenvalue weighted by atomic mass is 15.3. The quantitative estimate of drug-likeness (QED) is 0.443. The maximum atomic E-state index is 4.93. The van der Waals surface area contributed by atoms with Crippen molar-refractivity contribution in [1.82, 2.24) is 24.9 Å². The van der Waals surface area contributed by atoms with Crippen molar-refractivity contribution in [2.24, 2.45) is 23.9 Å². The van der Waals surface area contributed by atoms with Gasteiger partial charge in [0.05, 0.1) is 6.20 Å². The van der Waals surface area contributed by atoms with Crippen molar-refractivity contribution in [3.63, 3.8) is 0 Å². The van der Waals surface area contributed by atoms with Crippen LogP contribution in [0.2, 0.25) is 0 Å². The molecule has 0 radical (unpaired) electrons. The van der Waals surface area contributed by atoms with E-state index in [2.05, 4.69) is 47.2 Å². The first-order valence-electron chi connectivity index (χ1n) is 11.3. The number of hydrogen-bond acceptors (Lipinski definition) is 3.